The Kier molecular flexibility index (Phi) is 4.38. The van der Waals surface area contributed by atoms with Crippen LogP contribution in [0.2, 0.25) is 0 Å². The summed E-state index contributed by atoms with van der Waals surface area (Å²) in [6.07, 6.45) is 3.52. The molecule has 0 aliphatic rings. The second-order valence-corrected chi connectivity index (χ2v) is 1.62. The second kappa shape index (κ2) is 4.86. The number of quaternary nitrogens is 1. The minimum atomic E-state index is 0. The predicted molar refractivity (Wildman–Crippen MR) is 30.0 cm³/mol. The van der Waals surface area contributed by atoms with Crippen LogP contribution in [0.1, 0.15) is 5.76 Å². The van der Waals surface area contributed by atoms with Gasteiger partial charge in [0.2, 0.25) is 0 Å². The van der Waals surface area contributed by atoms with Gasteiger partial charge in [-0.1, -0.05) is 0 Å². The summed E-state index contributed by atoms with van der Waals surface area (Å²) in [5.74, 6) is 0.830. The molecule has 0 saturated carbocycles. The standard InChI is InChI=1S/C6H6N2O.ClH/c7-5-8-4-6-2-1-3-9-6;/h1-3,8H,4H2;1H. The smallest absolute Gasteiger partial charge is 0.305 e. The highest BCUT2D eigenvalue weighted by molar-refractivity contribution is 4.95. The van der Waals surface area contributed by atoms with E-state index in [2.05, 4.69) is 0 Å². The van der Waals surface area contributed by atoms with Crippen LogP contribution >= 0.6 is 0 Å². The summed E-state index contributed by atoms with van der Waals surface area (Å²) in [7, 11) is 0. The fourth-order valence-corrected chi connectivity index (χ4v) is 0.575. The molecule has 3 nitrogen and oxygen atoms in total. The largest absolute Gasteiger partial charge is 1.00 e. The summed E-state index contributed by atoms with van der Waals surface area (Å²) in [4.78, 5) is 0. The molecule has 2 N–H and O–H groups in total. The molecule has 0 unspecified atom stereocenters. The van der Waals surface area contributed by atoms with Crippen LogP contribution in [0.4, 0.5) is 0 Å². The molecule has 0 aliphatic carbocycles. The van der Waals surface area contributed by atoms with Crippen LogP contribution in [0.5, 0.6) is 0 Å². The first-order valence-electron chi connectivity index (χ1n) is 2.67. The van der Waals surface area contributed by atoms with Crippen molar-refractivity contribution in [2.45, 2.75) is 6.54 Å². The fourth-order valence-electron chi connectivity index (χ4n) is 0.575. The van der Waals surface area contributed by atoms with E-state index in [4.69, 9.17) is 9.68 Å². The third-order valence-corrected chi connectivity index (χ3v) is 0.975. The van der Waals surface area contributed by atoms with Gasteiger partial charge < -0.3 is 16.8 Å². The van der Waals surface area contributed by atoms with Gasteiger partial charge in [0.15, 0.2) is 5.76 Å². The molecule has 0 amide bonds. The number of hydrogen-bond acceptors (Lipinski definition) is 2. The van der Waals surface area contributed by atoms with Gasteiger partial charge in [-0.2, -0.15) is 0 Å². The average molecular weight is 159 g/mol. The first-order chi connectivity index (χ1) is 4.43. The van der Waals surface area contributed by atoms with Crippen molar-refractivity contribution in [1.29, 1.82) is 5.26 Å². The maximum atomic E-state index is 8.12. The maximum Gasteiger partial charge on any atom is 0.305 e. The van der Waals surface area contributed by atoms with Crippen LogP contribution in [-0.4, -0.2) is 0 Å². The lowest BCUT2D eigenvalue weighted by Crippen LogP contribution is -3.00. The number of rotatable bonds is 2. The van der Waals surface area contributed by atoms with Crippen LogP contribution < -0.4 is 17.7 Å². The van der Waals surface area contributed by atoms with Crippen molar-refractivity contribution in [2.24, 2.45) is 0 Å². The molecule has 1 heterocycles. The number of nitriles is 1. The SMILES string of the molecule is N#C[NH2+]Cc1ccco1.[Cl-]. The highest BCUT2D eigenvalue weighted by Crippen LogP contribution is 1.95. The van der Waals surface area contributed by atoms with Crippen LogP contribution in [0, 0.1) is 11.5 Å². The molecule has 0 bridgehead atoms. The summed E-state index contributed by atoms with van der Waals surface area (Å²) in [5, 5.41) is 9.62. The lowest BCUT2D eigenvalue weighted by Gasteiger charge is -1.83. The van der Waals surface area contributed by atoms with Crippen molar-refractivity contribution < 1.29 is 22.1 Å². The lowest BCUT2D eigenvalue weighted by atomic mass is 10.4. The number of nitrogens with two attached hydrogens (primary N) is 1. The van der Waals surface area contributed by atoms with Crippen molar-refractivity contribution >= 4 is 0 Å². The van der Waals surface area contributed by atoms with Gasteiger partial charge in [0.05, 0.1) is 6.26 Å². The third kappa shape index (κ3) is 2.53. The molecule has 0 aliphatic heterocycles. The molecule has 0 aromatic carbocycles. The Hall–Kier alpha value is -0.980. The second-order valence-electron chi connectivity index (χ2n) is 1.62. The molecule has 54 valence electrons. The summed E-state index contributed by atoms with van der Waals surface area (Å²) in [6.45, 7) is 0.601. The van der Waals surface area contributed by atoms with E-state index in [0.717, 1.165) is 5.76 Å². The Morgan fingerprint density at radius 3 is 3.00 bits per heavy atom. The summed E-state index contributed by atoms with van der Waals surface area (Å²) < 4.78 is 4.95. The van der Waals surface area contributed by atoms with Crippen LogP contribution in [0.25, 0.3) is 0 Å². The highest BCUT2D eigenvalue weighted by Gasteiger charge is 1.94. The summed E-state index contributed by atoms with van der Waals surface area (Å²) in [6, 6.07) is 3.65. The van der Waals surface area contributed by atoms with E-state index in [0.29, 0.717) is 6.54 Å². The maximum absolute atomic E-state index is 8.12. The first-order valence-corrected chi connectivity index (χ1v) is 2.67. The van der Waals surface area contributed by atoms with Crippen LogP contribution in [-0.2, 0) is 6.54 Å². The zero-order chi connectivity index (χ0) is 6.53. The number of halogens is 1. The van der Waals surface area contributed by atoms with E-state index in [1.165, 1.54) is 5.32 Å². The Morgan fingerprint density at radius 1 is 1.70 bits per heavy atom. The minimum absolute atomic E-state index is 0. The summed E-state index contributed by atoms with van der Waals surface area (Å²) >= 11 is 0. The molecule has 1 rings (SSSR count). The van der Waals surface area contributed by atoms with E-state index in [9.17, 15) is 0 Å². The molecule has 10 heavy (non-hydrogen) atoms. The van der Waals surface area contributed by atoms with E-state index in [-0.39, 0.29) is 12.4 Å². The van der Waals surface area contributed by atoms with Gasteiger partial charge in [0.1, 0.15) is 6.54 Å². The monoisotopic (exact) mass is 158 g/mol. The Balaban J connectivity index is 0.000000810. The van der Waals surface area contributed by atoms with Crippen molar-refractivity contribution in [3.8, 4) is 6.19 Å². The van der Waals surface area contributed by atoms with E-state index < -0.39 is 0 Å². The van der Waals surface area contributed by atoms with E-state index in [1.807, 2.05) is 12.3 Å². The molecule has 0 spiro atoms. The molecule has 0 saturated heterocycles. The van der Waals surface area contributed by atoms with Crippen molar-refractivity contribution in [3.63, 3.8) is 0 Å². The average Bonchev–Trinajstić information content (AvgIpc) is 2.34. The minimum Gasteiger partial charge on any atom is -1.00 e. The molecule has 1 aromatic heterocycles. The Bertz CT molecular complexity index is 202. The van der Waals surface area contributed by atoms with Crippen molar-refractivity contribution in [1.82, 2.24) is 0 Å². The normalized spacial score (nSPS) is 7.90. The molecule has 0 radical (unpaired) electrons. The quantitative estimate of drug-likeness (QED) is 0.462. The molecule has 0 atom stereocenters. The third-order valence-electron chi connectivity index (χ3n) is 0.975. The van der Waals surface area contributed by atoms with Crippen molar-refractivity contribution in [2.75, 3.05) is 0 Å². The van der Waals surface area contributed by atoms with Gasteiger partial charge in [-0.05, 0) is 12.1 Å². The Morgan fingerprint density at radius 2 is 2.50 bits per heavy atom. The number of hydrogen-bond donors (Lipinski definition) is 1. The van der Waals surface area contributed by atoms with Crippen LogP contribution in [0.15, 0.2) is 22.8 Å². The molecule has 4 heteroatoms. The molecule has 0 fully saturated rings. The number of furan rings is 1. The fraction of sp³-hybridized carbons (Fsp3) is 0.167. The highest BCUT2D eigenvalue weighted by atomic mass is 35.5. The zero-order valence-corrected chi connectivity index (χ0v) is 6.01. The van der Waals surface area contributed by atoms with E-state index >= 15 is 0 Å². The molecule has 1 aromatic rings. The first kappa shape index (κ1) is 9.02. The van der Waals surface area contributed by atoms with Gasteiger partial charge in [-0.25, -0.2) is 5.32 Å². The topological polar surface area (TPSA) is 53.5 Å². The molecular formula is C6H7ClN2O. The van der Waals surface area contributed by atoms with Gasteiger partial charge in [0, 0.05) is 0 Å². The van der Waals surface area contributed by atoms with Gasteiger partial charge in [0.25, 0.3) is 0 Å². The predicted octanol–water partition coefficient (Wildman–Crippen LogP) is -3.17. The summed E-state index contributed by atoms with van der Waals surface area (Å²) in [5.41, 5.74) is 0. The van der Waals surface area contributed by atoms with Gasteiger partial charge in [-0.15, -0.1) is 5.26 Å². The zero-order valence-electron chi connectivity index (χ0n) is 5.25. The van der Waals surface area contributed by atoms with Crippen molar-refractivity contribution in [3.05, 3.63) is 24.2 Å². The number of nitrogens with zero attached hydrogens (tertiary/aromatic N) is 1. The molecular weight excluding hydrogens is 152 g/mol. The Labute approximate surface area is 65.1 Å². The van der Waals surface area contributed by atoms with Gasteiger partial charge >= 0.3 is 6.19 Å². The van der Waals surface area contributed by atoms with Gasteiger partial charge in [-0.3, -0.25) is 0 Å². The lowest BCUT2D eigenvalue weighted by molar-refractivity contribution is -0.589. The van der Waals surface area contributed by atoms with E-state index in [1.54, 1.807) is 12.3 Å². The van der Waals surface area contributed by atoms with Crippen LogP contribution in [0.3, 0.4) is 0 Å².